The SMILES string of the molecule is C=C(Br)/C=C(\C)OCC1CCCC2(C1)OCCO2. The van der Waals surface area contributed by atoms with Crippen LogP contribution >= 0.6 is 15.9 Å². The maximum Gasteiger partial charge on any atom is 0.168 e. The number of allylic oxidation sites excluding steroid dienone is 3. The summed E-state index contributed by atoms with van der Waals surface area (Å²) >= 11 is 3.30. The molecule has 1 saturated carbocycles. The second kappa shape index (κ2) is 6.22. The smallest absolute Gasteiger partial charge is 0.168 e. The van der Waals surface area contributed by atoms with Gasteiger partial charge in [-0.3, -0.25) is 0 Å². The third-order valence-electron chi connectivity index (χ3n) is 3.49. The Hall–Kier alpha value is -0.320. The summed E-state index contributed by atoms with van der Waals surface area (Å²) in [5.74, 6) is 1.11. The highest BCUT2D eigenvalue weighted by Gasteiger charge is 2.41. The average molecular weight is 317 g/mol. The van der Waals surface area contributed by atoms with E-state index in [0.29, 0.717) is 5.92 Å². The molecule has 1 unspecified atom stereocenters. The third kappa shape index (κ3) is 3.84. The Morgan fingerprint density at radius 1 is 1.50 bits per heavy atom. The molecule has 0 bridgehead atoms. The van der Waals surface area contributed by atoms with Crippen LogP contribution in [0.5, 0.6) is 0 Å². The van der Waals surface area contributed by atoms with E-state index in [4.69, 9.17) is 14.2 Å². The van der Waals surface area contributed by atoms with Crippen molar-refractivity contribution in [2.24, 2.45) is 5.92 Å². The number of hydrogen-bond acceptors (Lipinski definition) is 3. The van der Waals surface area contributed by atoms with Crippen LogP contribution < -0.4 is 0 Å². The first-order valence-electron chi connectivity index (χ1n) is 6.53. The summed E-state index contributed by atoms with van der Waals surface area (Å²) in [5, 5.41) is 0. The molecule has 4 heteroatoms. The number of ether oxygens (including phenoxy) is 3. The summed E-state index contributed by atoms with van der Waals surface area (Å²) in [5.41, 5.74) is 0. The van der Waals surface area contributed by atoms with E-state index in [9.17, 15) is 0 Å². The van der Waals surface area contributed by atoms with E-state index in [1.165, 1.54) is 6.42 Å². The predicted octanol–water partition coefficient (Wildman–Crippen LogP) is 3.75. The van der Waals surface area contributed by atoms with Crippen LogP contribution in [0.15, 0.2) is 22.9 Å². The maximum atomic E-state index is 5.77. The van der Waals surface area contributed by atoms with Gasteiger partial charge in [0.1, 0.15) is 0 Å². The van der Waals surface area contributed by atoms with Crippen LogP contribution in [0.2, 0.25) is 0 Å². The summed E-state index contributed by atoms with van der Waals surface area (Å²) in [6.07, 6.45) is 6.21. The van der Waals surface area contributed by atoms with E-state index in [1.54, 1.807) is 0 Å². The fourth-order valence-corrected chi connectivity index (χ4v) is 3.04. The van der Waals surface area contributed by atoms with Crippen molar-refractivity contribution in [1.29, 1.82) is 0 Å². The second-order valence-corrected chi connectivity index (χ2v) is 6.10. The van der Waals surface area contributed by atoms with E-state index < -0.39 is 0 Å². The highest BCUT2D eigenvalue weighted by Crippen LogP contribution is 2.38. The molecule has 2 fully saturated rings. The topological polar surface area (TPSA) is 27.7 Å². The molecule has 3 nitrogen and oxygen atoms in total. The first-order valence-corrected chi connectivity index (χ1v) is 7.32. The van der Waals surface area contributed by atoms with Gasteiger partial charge in [0.05, 0.1) is 25.6 Å². The Morgan fingerprint density at radius 2 is 2.22 bits per heavy atom. The standard InChI is InChI=1S/C14H21BrO3/c1-11(15)8-12(2)16-10-13-4-3-5-14(9-13)17-6-7-18-14/h8,13H,1,3-7,9-10H2,2H3/b12-8+. The van der Waals surface area contributed by atoms with Crippen LogP contribution in [-0.4, -0.2) is 25.6 Å². The molecule has 1 aliphatic carbocycles. The van der Waals surface area contributed by atoms with Gasteiger partial charge in [-0.15, -0.1) is 0 Å². The van der Waals surface area contributed by atoms with Crippen LogP contribution in [0, 0.1) is 5.92 Å². The van der Waals surface area contributed by atoms with Crippen molar-refractivity contribution < 1.29 is 14.2 Å². The van der Waals surface area contributed by atoms with Crippen molar-refractivity contribution >= 4 is 15.9 Å². The lowest BCUT2D eigenvalue weighted by Crippen LogP contribution is -2.37. The van der Waals surface area contributed by atoms with Crippen molar-refractivity contribution in [3.8, 4) is 0 Å². The Morgan fingerprint density at radius 3 is 2.89 bits per heavy atom. The number of halogens is 1. The van der Waals surface area contributed by atoms with Crippen LogP contribution in [0.25, 0.3) is 0 Å². The fraction of sp³-hybridized carbons (Fsp3) is 0.714. The molecule has 2 aliphatic rings. The number of hydrogen-bond donors (Lipinski definition) is 0. The molecule has 0 amide bonds. The molecule has 102 valence electrons. The summed E-state index contributed by atoms with van der Waals surface area (Å²) < 4.78 is 18.1. The van der Waals surface area contributed by atoms with Crippen LogP contribution in [0.4, 0.5) is 0 Å². The molecule has 1 saturated heterocycles. The van der Waals surface area contributed by atoms with Crippen LogP contribution in [-0.2, 0) is 14.2 Å². The third-order valence-corrected chi connectivity index (χ3v) is 3.72. The molecule has 0 aromatic heterocycles. The minimum atomic E-state index is -0.303. The summed E-state index contributed by atoms with van der Waals surface area (Å²) in [6.45, 7) is 7.92. The molecule has 1 heterocycles. The molecule has 1 spiro atoms. The van der Waals surface area contributed by atoms with Gasteiger partial charge in [-0.25, -0.2) is 0 Å². The minimum Gasteiger partial charge on any atom is -0.498 e. The zero-order chi connectivity index (χ0) is 13.0. The van der Waals surface area contributed by atoms with Gasteiger partial charge in [0.2, 0.25) is 0 Å². The predicted molar refractivity (Wildman–Crippen MR) is 74.4 cm³/mol. The second-order valence-electron chi connectivity index (χ2n) is 5.08. The molecule has 2 rings (SSSR count). The minimum absolute atomic E-state index is 0.303. The summed E-state index contributed by atoms with van der Waals surface area (Å²) in [4.78, 5) is 0. The van der Waals surface area contributed by atoms with Gasteiger partial charge in [0.25, 0.3) is 0 Å². The zero-order valence-electron chi connectivity index (χ0n) is 10.9. The first-order chi connectivity index (χ1) is 8.60. The monoisotopic (exact) mass is 316 g/mol. The normalized spacial score (nSPS) is 27.4. The van der Waals surface area contributed by atoms with Crippen molar-refractivity contribution in [2.75, 3.05) is 19.8 Å². The Labute approximate surface area is 117 Å². The largest absolute Gasteiger partial charge is 0.498 e. The van der Waals surface area contributed by atoms with Crippen LogP contribution in [0.3, 0.4) is 0 Å². The quantitative estimate of drug-likeness (QED) is 0.584. The molecule has 0 N–H and O–H groups in total. The first kappa shape index (κ1) is 14.1. The molecule has 1 atom stereocenters. The van der Waals surface area contributed by atoms with Gasteiger partial charge >= 0.3 is 0 Å². The van der Waals surface area contributed by atoms with E-state index in [1.807, 2.05) is 13.0 Å². The van der Waals surface area contributed by atoms with E-state index in [0.717, 1.165) is 49.3 Å². The molecule has 0 aromatic carbocycles. The van der Waals surface area contributed by atoms with Gasteiger partial charge in [-0.2, -0.15) is 0 Å². The van der Waals surface area contributed by atoms with E-state index >= 15 is 0 Å². The van der Waals surface area contributed by atoms with Gasteiger partial charge in [-0.1, -0.05) is 22.5 Å². The zero-order valence-corrected chi connectivity index (χ0v) is 12.5. The van der Waals surface area contributed by atoms with Crippen molar-refractivity contribution in [3.05, 3.63) is 22.9 Å². The molecular formula is C14H21BrO3. The van der Waals surface area contributed by atoms with E-state index in [-0.39, 0.29) is 5.79 Å². The molecule has 1 aliphatic heterocycles. The van der Waals surface area contributed by atoms with E-state index in [2.05, 4.69) is 22.5 Å². The molecule has 0 radical (unpaired) electrons. The molecule has 18 heavy (non-hydrogen) atoms. The summed E-state index contributed by atoms with van der Waals surface area (Å²) in [7, 11) is 0. The highest BCUT2D eigenvalue weighted by atomic mass is 79.9. The molecule has 0 aromatic rings. The lowest BCUT2D eigenvalue weighted by Gasteiger charge is -2.36. The maximum absolute atomic E-state index is 5.77. The number of rotatable bonds is 4. The average Bonchev–Trinajstić information content (AvgIpc) is 2.74. The van der Waals surface area contributed by atoms with Gasteiger partial charge in [0, 0.05) is 17.3 Å². The Bertz CT molecular complexity index is 332. The molecular weight excluding hydrogens is 296 g/mol. The Balaban J connectivity index is 1.81. The Kier molecular flexibility index (Phi) is 4.87. The van der Waals surface area contributed by atoms with Gasteiger partial charge < -0.3 is 14.2 Å². The lowest BCUT2D eigenvalue weighted by atomic mass is 9.85. The van der Waals surface area contributed by atoms with Crippen molar-refractivity contribution in [2.45, 2.75) is 38.4 Å². The summed E-state index contributed by atoms with van der Waals surface area (Å²) in [6, 6.07) is 0. The fourth-order valence-electron chi connectivity index (χ4n) is 2.72. The van der Waals surface area contributed by atoms with Crippen molar-refractivity contribution in [1.82, 2.24) is 0 Å². The van der Waals surface area contributed by atoms with Gasteiger partial charge in [0.15, 0.2) is 5.79 Å². The van der Waals surface area contributed by atoms with Crippen molar-refractivity contribution in [3.63, 3.8) is 0 Å². The highest BCUT2D eigenvalue weighted by molar-refractivity contribution is 9.11. The van der Waals surface area contributed by atoms with Crippen LogP contribution in [0.1, 0.15) is 32.6 Å². The van der Waals surface area contributed by atoms with Gasteiger partial charge in [-0.05, 0) is 31.8 Å². The lowest BCUT2D eigenvalue weighted by molar-refractivity contribution is -0.189.